The zero-order valence-corrected chi connectivity index (χ0v) is 12.7. The van der Waals surface area contributed by atoms with Gasteiger partial charge in [0.15, 0.2) is 0 Å². The highest BCUT2D eigenvalue weighted by molar-refractivity contribution is 7.89. The van der Waals surface area contributed by atoms with Crippen LogP contribution in [0.5, 0.6) is 0 Å². The van der Waals surface area contributed by atoms with Gasteiger partial charge in [-0.1, -0.05) is 0 Å². The van der Waals surface area contributed by atoms with E-state index in [-0.39, 0.29) is 16.1 Å². The van der Waals surface area contributed by atoms with Crippen LogP contribution in [-0.4, -0.2) is 40.5 Å². The number of benzene rings is 1. The maximum Gasteiger partial charge on any atom is 0.339 e. The van der Waals surface area contributed by atoms with Crippen molar-refractivity contribution in [3.8, 4) is 0 Å². The molecule has 0 fully saturated rings. The minimum atomic E-state index is -4.08. The number of nitrogen functional groups attached to an aromatic ring is 1. The lowest BCUT2D eigenvalue weighted by Gasteiger charge is -2.15. The van der Waals surface area contributed by atoms with Gasteiger partial charge < -0.3 is 15.8 Å². The van der Waals surface area contributed by atoms with Crippen LogP contribution in [0.4, 0.5) is 5.69 Å². The summed E-state index contributed by atoms with van der Waals surface area (Å²) in [7, 11) is -1.57. The number of carbonyl (C=O) groups excluding carboxylic acids is 2. The molecular weight excluding hydrogens is 298 g/mol. The Balaban J connectivity index is 3.26. The van der Waals surface area contributed by atoms with E-state index in [0.717, 1.165) is 7.11 Å². The summed E-state index contributed by atoms with van der Waals surface area (Å²) in [5.41, 5.74) is 5.56. The van der Waals surface area contributed by atoms with E-state index < -0.39 is 27.9 Å². The van der Waals surface area contributed by atoms with Crippen LogP contribution in [-0.2, 0) is 19.6 Å². The average Bonchev–Trinajstić information content (AvgIpc) is 2.44. The Hall–Kier alpha value is -2.13. The summed E-state index contributed by atoms with van der Waals surface area (Å²) in [5.74, 6) is -1.34. The van der Waals surface area contributed by atoms with Gasteiger partial charge in [-0.2, -0.15) is 4.72 Å². The fourth-order valence-electron chi connectivity index (χ4n) is 1.62. The van der Waals surface area contributed by atoms with Crippen LogP contribution in [0, 0.1) is 0 Å². The third kappa shape index (κ3) is 3.92. The number of esters is 1. The molecule has 116 valence electrons. The molecule has 0 heterocycles. The molecular formula is C12H17N3O5S. The highest BCUT2D eigenvalue weighted by atomic mass is 32.2. The summed E-state index contributed by atoms with van der Waals surface area (Å²) in [5, 5.41) is 2.32. The number of hydrogen-bond acceptors (Lipinski definition) is 6. The Morgan fingerprint density at radius 2 is 1.95 bits per heavy atom. The van der Waals surface area contributed by atoms with E-state index >= 15 is 0 Å². The summed E-state index contributed by atoms with van der Waals surface area (Å²) in [6.07, 6.45) is 0. The molecule has 8 nitrogen and oxygen atoms in total. The van der Waals surface area contributed by atoms with Gasteiger partial charge in [0.1, 0.15) is 0 Å². The quantitative estimate of drug-likeness (QED) is 0.495. The van der Waals surface area contributed by atoms with Gasteiger partial charge in [-0.05, 0) is 25.1 Å². The Morgan fingerprint density at radius 3 is 2.48 bits per heavy atom. The van der Waals surface area contributed by atoms with Crippen molar-refractivity contribution in [3.05, 3.63) is 23.8 Å². The molecule has 1 aromatic carbocycles. The van der Waals surface area contributed by atoms with E-state index in [1.165, 1.54) is 32.2 Å². The standard InChI is InChI=1S/C12H17N3O5S/c1-7(11(16)14-2)15-21(18,19)10-5-4-8(13)6-9(10)12(17)20-3/h4-7,15H,13H2,1-3H3,(H,14,16). The average molecular weight is 315 g/mol. The minimum absolute atomic E-state index is 0.200. The molecule has 0 spiro atoms. The number of rotatable bonds is 5. The van der Waals surface area contributed by atoms with Crippen LogP contribution < -0.4 is 15.8 Å². The highest BCUT2D eigenvalue weighted by Crippen LogP contribution is 2.20. The molecule has 1 atom stereocenters. The molecule has 0 radical (unpaired) electrons. The van der Waals surface area contributed by atoms with E-state index in [1.54, 1.807) is 0 Å². The molecule has 0 saturated carbocycles. The molecule has 0 saturated heterocycles. The van der Waals surface area contributed by atoms with Gasteiger partial charge in [0.25, 0.3) is 0 Å². The second-order valence-electron chi connectivity index (χ2n) is 4.20. The molecule has 0 aliphatic heterocycles. The van der Waals surface area contributed by atoms with Crippen molar-refractivity contribution in [1.82, 2.24) is 10.0 Å². The van der Waals surface area contributed by atoms with E-state index in [1.807, 2.05) is 0 Å². The SMILES string of the molecule is CNC(=O)C(C)NS(=O)(=O)c1ccc(N)cc1C(=O)OC. The second-order valence-corrected chi connectivity index (χ2v) is 5.89. The number of ether oxygens (including phenoxy) is 1. The predicted octanol–water partition coefficient (Wildman–Crippen LogP) is -0.532. The fraction of sp³-hybridized carbons (Fsp3) is 0.333. The minimum Gasteiger partial charge on any atom is -0.465 e. The molecule has 1 aromatic rings. The van der Waals surface area contributed by atoms with Gasteiger partial charge in [0.2, 0.25) is 15.9 Å². The molecule has 1 rings (SSSR count). The molecule has 0 aliphatic rings. The van der Waals surface area contributed by atoms with Crippen molar-refractivity contribution in [2.75, 3.05) is 19.9 Å². The first-order valence-electron chi connectivity index (χ1n) is 5.94. The van der Waals surface area contributed by atoms with E-state index in [4.69, 9.17) is 5.73 Å². The van der Waals surface area contributed by atoms with Crippen molar-refractivity contribution < 1.29 is 22.7 Å². The van der Waals surface area contributed by atoms with Crippen LogP contribution in [0.25, 0.3) is 0 Å². The van der Waals surface area contributed by atoms with Crippen molar-refractivity contribution in [3.63, 3.8) is 0 Å². The number of sulfonamides is 1. The van der Waals surface area contributed by atoms with Crippen LogP contribution in [0.1, 0.15) is 17.3 Å². The third-order valence-corrected chi connectivity index (χ3v) is 4.27. The van der Waals surface area contributed by atoms with Gasteiger partial charge >= 0.3 is 5.97 Å². The Kier molecular flexibility index (Phi) is 5.28. The summed E-state index contributed by atoms with van der Waals surface area (Å²) >= 11 is 0. The highest BCUT2D eigenvalue weighted by Gasteiger charge is 2.26. The number of nitrogens with two attached hydrogens (primary N) is 1. The summed E-state index contributed by atoms with van der Waals surface area (Å²) in [6, 6.07) is 2.72. The number of amides is 1. The van der Waals surface area contributed by atoms with Crippen LogP contribution in [0.15, 0.2) is 23.1 Å². The maximum atomic E-state index is 12.3. The predicted molar refractivity (Wildman–Crippen MR) is 76.0 cm³/mol. The second kappa shape index (κ2) is 6.55. The smallest absolute Gasteiger partial charge is 0.339 e. The first-order valence-corrected chi connectivity index (χ1v) is 7.43. The zero-order chi connectivity index (χ0) is 16.2. The van der Waals surface area contributed by atoms with Crippen LogP contribution >= 0.6 is 0 Å². The first-order chi connectivity index (χ1) is 9.72. The molecule has 4 N–H and O–H groups in total. The van der Waals surface area contributed by atoms with Gasteiger partial charge in [0, 0.05) is 12.7 Å². The first kappa shape index (κ1) is 16.9. The Bertz CT molecular complexity index is 657. The fourth-order valence-corrected chi connectivity index (χ4v) is 3.00. The molecule has 0 bridgehead atoms. The summed E-state index contributed by atoms with van der Waals surface area (Å²) in [4.78, 5) is 22.8. The Labute approximate surface area is 122 Å². The number of methoxy groups -OCH3 is 1. The molecule has 0 aliphatic carbocycles. The monoisotopic (exact) mass is 315 g/mol. The van der Waals surface area contributed by atoms with Crippen molar-refractivity contribution in [2.24, 2.45) is 0 Å². The van der Waals surface area contributed by atoms with Crippen molar-refractivity contribution in [1.29, 1.82) is 0 Å². The zero-order valence-electron chi connectivity index (χ0n) is 11.8. The molecule has 0 aromatic heterocycles. The summed E-state index contributed by atoms with van der Waals surface area (Å²) < 4.78 is 31.3. The van der Waals surface area contributed by atoms with Gasteiger partial charge in [-0.25, -0.2) is 13.2 Å². The lowest BCUT2D eigenvalue weighted by atomic mass is 10.2. The molecule has 1 unspecified atom stereocenters. The maximum absolute atomic E-state index is 12.3. The molecule has 1 amide bonds. The van der Waals surface area contributed by atoms with E-state index in [9.17, 15) is 18.0 Å². The normalized spacial score (nSPS) is 12.5. The topological polar surface area (TPSA) is 128 Å². The van der Waals surface area contributed by atoms with Crippen LogP contribution in [0.2, 0.25) is 0 Å². The molecule has 21 heavy (non-hydrogen) atoms. The Morgan fingerprint density at radius 1 is 1.33 bits per heavy atom. The van der Waals surface area contributed by atoms with Crippen molar-refractivity contribution >= 4 is 27.6 Å². The van der Waals surface area contributed by atoms with E-state index in [0.29, 0.717) is 0 Å². The number of hydrogen-bond donors (Lipinski definition) is 3. The van der Waals surface area contributed by atoms with E-state index in [2.05, 4.69) is 14.8 Å². The number of likely N-dealkylation sites (N-methyl/N-ethyl adjacent to an activating group) is 1. The largest absolute Gasteiger partial charge is 0.465 e. The lowest BCUT2D eigenvalue weighted by molar-refractivity contribution is -0.121. The van der Waals surface area contributed by atoms with Crippen LogP contribution in [0.3, 0.4) is 0 Å². The number of nitrogens with one attached hydrogen (secondary N) is 2. The number of carbonyl (C=O) groups is 2. The van der Waals surface area contributed by atoms with Gasteiger partial charge in [0.05, 0.1) is 23.6 Å². The van der Waals surface area contributed by atoms with Gasteiger partial charge in [-0.15, -0.1) is 0 Å². The van der Waals surface area contributed by atoms with Gasteiger partial charge in [-0.3, -0.25) is 4.79 Å². The lowest BCUT2D eigenvalue weighted by Crippen LogP contribution is -2.43. The molecule has 9 heteroatoms. The summed E-state index contributed by atoms with van der Waals surface area (Å²) in [6.45, 7) is 1.38. The third-order valence-electron chi connectivity index (χ3n) is 2.67. The van der Waals surface area contributed by atoms with Crippen molar-refractivity contribution in [2.45, 2.75) is 17.9 Å². The number of anilines is 1.